The molecule has 0 unspecified atom stereocenters. The predicted octanol–water partition coefficient (Wildman–Crippen LogP) is 5.24. The molecule has 0 spiro atoms. The molecule has 0 radical (unpaired) electrons. The third kappa shape index (κ3) is 5.75. The summed E-state index contributed by atoms with van der Waals surface area (Å²) in [4.78, 5) is 2.29. The van der Waals surface area contributed by atoms with Gasteiger partial charge in [-0.05, 0) is 79.6 Å². The van der Waals surface area contributed by atoms with Gasteiger partial charge in [0.2, 0.25) is 0 Å². The lowest BCUT2D eigenvalue weighted by atomic mass is 9.66. The Morgan fingerprint density at radius 2 is 1.87 bits per heavy atom. The Kier molecular flexibility index (Phi) is 8.72. The Labute approximate surface area is 186 Å². The maximum Gasteiger partial charge on any atom is 0.123 e. The van der Waals surface area contributed by atoms with Crippen LogP contribution in [0.4, 0.5) is 4.39 Å². The normalized spacial score (nSPS) is 20.7. The second-order valence-electron chi connectivity index (χ2n) is 8.82. The maximum absolute atomic E-state index is 13.7. The van der Waals surface area contributed by atoms with Crippen molar-refractivity contribution in [1.82, 2.24) is 4.90 Å². The van der Waals surface area contributed by atoms with Crippen molar-refractivity contribution in [1.29, 1.82) is 0 Å². The molecule has 0 bridgehead atoms. The van der Waals surface area contributed by atoms with Crippen LogP contribution in [0, 0.1) is 11.7 Å². The first-order valence-electron chi connectivity index (χ1n) is 10.6. The quantitative estimate of drug-likeness (QED) is 0.615. The second kappa shape index (κ2) is 10.6. The van der Waals surface area contributed by atoms with Crippen molar-refractivity contribution in [3.05, 3.63) is 65.0 Å². The van der Waals surface area contributed by atoms with Crippen LogP contribution in [0.25, 0.3) is 0 Å². The van der Waals surface area contributed by atoms with Gasteiger partial charge in [-0.25, -0.2) is 4.39 Å². The highest BCUT2D eigenvalue weighted by Gasteiger charge is 2.43. The Morgan fingerprint density at radius 3 is 2.50 bits per heavy atom. The lowest BCUT2D eigenvalue weighted by Crippen LogP contribution is -2.45. The van der Waals surface area contributed by atoms with Crippen molar-refractivity contribution in [3.8, 4) is 5.75 Å². The largest absolute Gasteiger partial charge is 0.497 e. The number of aryl methyl sites for hydroxylation is 1. The molecule has 2 aromatic rings. The van der Waals surface area contributed by atoms with Gasteiger partial charge in [-0.3, -0.25) is 0 Å². The zero-order valence-corrected chi connectivity index (χ0v) is 19.3. The molecule has 3 rings (SSSR count). The van der Waals surface area contributed by atoms with Gasteiger partial charge in [0.15, 0.2) is 0 Å². The van der Waals surface area contributed by atoms with E-state index in [9.17, 15) is 9.50 Å². The van der Waals surface area contributed by atoms with E-state index in [1.165, 1.54) is 11.6 Å². The first kappa shape index (κ1) is 24.6. The fourth-order valence-corrected chi connectivity index (χ4v) is 4.76. The average Bonchev–Trinajstić information content (AvgIpc) is 2.71. The molecule has 2 atom stereocenters. The number of aliphatic hydroxyl groups is 1. The summed E-state index contributed by atoms with van der Waals surface area (Å²) >= 11 is 0. The van der Waals surface area contributed by atoms with E-state index in [4.69, 9.17) is 4.74 Å². The highest BCUT2D eigenvalue weighted by molar-refractivity contribution is 5.85. The highest BCUT2D eigenvalue weighted by atomic mass is 35.5. The minimum atomic E-state index is -0.743. The molecule has 0 saturated heterocycles. The molecule has 1 aliphatic carbocycles. The van der Waals surface area contributed by atoms with Gasteiger partial charge < -0.3 is 14.7 Å². The van der Waals surface area contributed by atoms with Gasteiger partial charge in [0.05, 0.1) is 12.7 Å². The van der Waals surface area contributed by atoms with Crippen LogP contribution in [-0.4, -0.2) is 42.9 Å². The van der Waals surface area contributed by atoms with Crippen molar-refractivity contribution in [3.63, 3.8) is 0 Å². The molecule has 0 aromatic heterocycles. The standard InChI is InChI=1S/C25H34FNO2.ClH/c1-18(2)24-23-10-7-21(26)17-20(23)11-13-25(24,28)14-16-27(3)15-12-19-5-8-22(29-4)9-6-19;/h5-10,17-18,24,28H,11-16H2,1-4H3;1H/t24-,25-;/m0./s1. The van der Waals surface area contributed by atoms with Crippen molar-refractivity contribution in [2.75, 3.05) is 27.2 Å². The summed E-state index contributed by atoms with van der Waals surface area (Å²) in [6.07, 6.45) is 3.13. The number of likely N-dealkylation sites (N-methyl/N-ethyl adjacent to an activating group) is 1. The Bertz CT molecular complexity index is 811. The van der Waals surface area contributed by atoms with Crippen LogP contribution >= 0.6 is 12.4 Å². The summed E-state index contributed by atoms with van der Waals surface area (Å²) in [7, 11) is 3.79. The molecule has 3 nitrogen and oxygen atoms in total. The molecular weight excluding hydrogens is 401 g/mol. The number of hydrogen-bond donors (Lipinski definition) is 1. The number of nitrogens with zero attached hydrogens (tertiary/aromatic N) is 1. The van der Waals surface area contributed by atoms with Crippen LogP contribution in [0.5, 0.6) is 5.75 Å². The number of ether oxygens (including phenoxy) is 1. The molecule has 0 aliphatic heterocycles. The van der Waals surface area contributed by atoms with Gasteiger partial charge in [-0.1, -0.05) is 32.0 Å². The minimum absolute atomic E-state index is 0. The molecule has 5 heteroatoms. The van der Waals surface area contributed by atoms with E-state index in [1.54, 1.807) is 13.2 Å². The number of hydrogen-bond acceptors (Lipinski definition) is 3. The SMILES string of the molecule is COc1ccc(CCN(C)CC[C@@]2(O)CCc3cc(F)ccc3[C@@H]2C(C)C)cc1.Cl. The molecule has 0 fully saturated rings. The smallest absolute Gasteiger partial charge is 0.123 e. The van der Waals surface area contributed by atoms with Crippen LogP contribution in [0.15, 0.2) is 42.5 Å². The van der Waals surface area contributed by atoms with Crippen LogP contribution in [0.2, 0.25) is 0 Å². The van der Waals surface area contributed by atoms with Crippen LogP contribution in [-0.2, 0) is 12.8 Å². The van der Waals surface area contributed by atoms with E-state index in [-0.39, 0.29) is 24.1 Å². The fraction of sp³-hybridized carbons (Fsp3) is 0.520. The van der Waals surface area contributed by atoms with Gasteiger partial charge in [0.25, 0.3) is 0 Å². The number of fused-ring (bicyclic) bond motifs is 1. The summed E-state index contributed by atoms with van der Waals surface area (Å²) in [5, 5.41) is 11.6. The first-order chi connectivity index (χ1) is 13.8. The van der Waals surface area contributed by atoms with Crippen LogP contribution < -0.4 is 4.74 Å². The van der Waals surface area contributed by atoms with Crippen molar-refractivity contribution in [2.45, 2.75) is 51.0 Å². The van der Waals surface area contributed by atoms with E-state index in [0.717, 1.165) is 49.2 Å². The summed E-state index contributed by atoms with van der Waals surface area (Å²) < 4.78 is 18.9. The van der Waals surface area contributed by atoms with E-state index in [2.05, 4.69) is 37.9 Å². The highest BCUT2D eigenvalue weighted by Crippen LogP contribution is 2.45. The number of benzene rings is 2. The van der Waals surface area contributed by atoms with Gasteiger partial charge in [0, 0.05) is 19.0 Å². The molecule has 166 valence electrons. The third-order valence-corrected chi connectivity index (χ3v) is 6.38. The van der Waals surface area contributed by atoms with Gasteiger partial charge >= 0.3 is 0 Å². The molecule has 0 amide bonds. The maximum atomic E-state index is 13.7. The molecule has 30 heavy (non-hydrogen) atoms. The van der Waals surface area contributed by atoms with Crippen LogP contribution in [0.3, 0.4) is 0 Å². The predicted molar refractivity (Wildman–Crippen MR) is 123 cm³/mol. The Balaban J connectivity index is 0.00000320. The zero-order chi connectivity index (χ0) is 21.0. The number of halogens is 2. The van der Waals surface area contributed by atoms with Gasteiger partial charge in [-0.15, -0.1) is 12.4 Å². The molecule has 1 aliphatic rings. The third-order valence-electron chi connectivity index (χ3n) is 6.38. The van der Waals surface area contributed by atoms with Gasteiger partial charge in [0.1, 0.15) is 11.6 Å². The molecule has 0 saturated carbocycles. The molecule has 2 aromatic carbocycles. The van der Waals surface area contributed by atoms with E-state index in [0.29, 0.717) is 12.3 Å². The molecule has 1 N–H and O–H groups in total. The van der Waals surface area contributed by atoms with Gasteiger partial charge in [-0.2, -0.15) is 0 Å². The molecular formula is C25H35ClFNO2. The average molecular weight is 436 g/mol. The van der Waals surface area contributed by atoms with Crippen molar-refractivity contribution >= 4 is 12.4 Å². The van der Waals surface area contributed by atoms with Crippen molar-refractivity contribution in [2.24, 2.45) is 5.92 Å². The first-order valence-corrected chi connectivity index (χ1v) is 10.6. The summed E-state index contributed by atoms with van der Waals surface area (Å²) in [5.41, 5.74) is 2.72. The Hall–Kier alpha value is -1.62. The summed E-state index contributed by atoms with van der Waals surface area (Å²) in [6.45, 7) is 6.09. The summed E-state index contributed by atoms with van der Waals surface area (Å²) in [6, 6.07) is 13.2. The minimum Gasteiger partial charge on any atom is -0.497 e. The fourth-order valence-electron chi connectivity index (χ4n) is 4.76. The van der Waals surface area contributed by atoms with E-state index < -0.39 is 5.60 Å². The summed E-state index contributed by atoms with van der Waals surface area (Å²) in [5.74, 6) is 1.03. The lowest BCUT2D eigenvalue weighted by molar-refractivity contribution is -0.0300. The lowest BCUT2D eigenvalue weighted by Gasteiger charge is -2.44. The second-order valence-corrected chi connectivity index (χ2v) is 8.82. The van der Waals surface area contributed by atoms with Crippen molar-refractivity contribution < 1.29 is 14.2 Å². The van der Waals surface area contributed by atoms with Crippen LogP contribution in [0.1, 0.15) is 49.3 Å². The Morgan fingerprint density at radius 1 is 1.17 bits per heavy atom. The molecule has 0 heterocycles. The number of rotatable bonds is 8. The van der Waals surface area contributed by atoms with E-state index in [1.807, 2.05) is 18.2 Å². The topological polar surface area (TPSA) is 32.7 Å². The number of methoxy groups -OCH3 is 1. The monoisotopic (exact) mass is 435 g/mol. The van der Waals surface area contributed by atoms with E-state index >= 15 is 0 Å². The zero-order valence-electron chi connectivity index (χ0n) is 18.5.